The van der Waals surface area contributed by atoms with Crippen LogP contribution in [0.1, 0.15) is 0 Å². The second-order valence-corrected chi connectivity index (χ2v) is 10.1. The Morgan fingerprint density at radius 1 is 0.458 bits per heavy atom. The van der Waals surface area contributed by atoms with Crippen molar-refractivity contribution in [2.75, 3.05) is 42.7 Å². The zero-order valence-corrected chi connectivity index (χ0v) is 26.9. The zero-order chi connectivity index (χ0) is 34.5. The summed E-state index contributed by atoms with van der Waals surface area (Å²) in [6.45, 7) is 0. The smallest absolute Gasteiger partial charge is 0.197 e. The molecule has 0 unspecified atom stereocenters. The van der Waals surface area contributed by atoms with Gasteiger partial charge in [-0.15, -0.1) is 0 Å². The van der Waals surface area contributed by atoms with Gasteiger partial charge in [0.2, 0.25) is 0 Å². The Morgan fingerprint density at radius 3 is 1.17 bits per heavy atom. The molecule has 12 heteroatoms. The monoisotopic (exact) mass is 656 g/mol. The Morgan fingerprint density at radius 2 is 0.833 bits per heavy atom. The van der Waals surface area contributed by atoms with E-state index in [1.54, 1.807) is 62.8 Å². The molecule has 0 bridgehead atoms. The molecule has 0 saturated carbocycles. The van der Waals surface area contributed by atoms with Gasteiger partial charge in [-0.1, -0.05) is 0 Å². The number of ether oxygens (including phenoxy) is 6. The summed E-state index contributed by atoms with van der Waals surface area (Å²) in [4.78, 5) is 24.7. The molecule has 6 rings (SSSR count). The maximum Gasteiger partial charge on any atom is 0.197 e. The fraction of sp³-hybridized carbons (Fsp3) is 0.167. The quantitative estimate of drug-likeness (QED) is 0.187. The second-order valence-electron chi connectivity index (χ2n) is 10.1. The van der Waals surface area contributed by atoms with Crippen LogP contribution in [0, 0.1) is 0 Å². The molecule has 2 N–H and O–H groups in total. The molecular weight excluding hydrogens is 624 g/mol. The van der Waals surface area contributed by atoms with Crippen molar-refractivity contribution in [2.45, 2.75) is 0 Å². The van der Waals surface area contributed by atoms with Crippen LogP contribution in [0.3, 0.4) is 0 Å². The topological polar surface area (TPSA) is 156 Å². The molecule has 0 aliphatic rings. The van der Waals surface area contributed by atoms with E-state index in [-0.39, 0.29) is 44.3 Å². The molecule has 0 amide bonds. The van der Waals surface area contributed by atoms with Gasteiger partial charge >= 0.3 is 0 Å². The van der Waals surface area contributed by atoms with Gasteiger partial charge in [0, 0.05) is 47.5 Å². The van der Waals surface area contributed by atoms with Crippen LogP contribution in [0.5, 0.6) is 46.0 Å². The van der Waals surface area contributed by atoms with Crippen molar-refractivity contribution in [3.63, 3.8) is 0 Å². The highest BCUT2D eigenvalue weighted by atomic mass is 16.5. The molecule has 2 heterocycles. The van der Waals surface area contributed by atoms with Crippen LogP contribution in [0.2, 0.25) is 0 Å². The largest absolute Gasteiger partial charge is 0.507 e. The SMILES string of the molecule is COc1cc(O)c2c(=O)cc(-c3ccc(OC)c(OC)c3)oc2c1.COc1cc(O)c2c(=O)cc(-c3ccc(OC)c(OC)c3)oc2c1. The van der Waals surface area contributed by atoms with Crippen LogP contribution in [0.4, 0.5) is 0 Å². The van der Waals surface area contributed by atoms with Gasteiger partial charge in [0.05, 0.1) is 42.7 Å². The Labute approximate surface area is 273 Å². The highest BCUT2D eigenvalue weighted by molar-refractivity contribution is 5.87. The molecule has 0 atom stereocenters. The zero-order valence-electron chi connectivity index (χ0n) is 26.9. The Hall–Kier alpha value is -6.30. The fourth-order valence-corrected chi connectivity index (χ4v) is 4.99. The molecule has 4 aromatic carbocycles. The molecule has 0 spiro atoms. The lowest BCUT2D eigenvalue weighted by molar-refractivity contribution is 0.355. The van der Waals surface area contributed by atoms with Crippen molar-refractivity contribution in [3.05, 3.63) is 93.2 Å². The highest BCUT2D eigenvalue weighted by Crippen LogP contribution is 2.36. The first kappa shape index (κ1) is 33.1. The van der Waals surface area contributed by atoms with Crippen molar-refractivity contribution in [1.29, 1.82) is 0 Å². The van der Waals surface area contributed by atoms with Gasteiger partial charge in [-0.05, 0) is 36.4 Å². The molecule has 2 aromatic heterocycles. The third-order valence-corrected chi connectivity index (χ3v) is 7.37. The number of hydrogen-bond acceptors (Lipinski definition) is 12. The average Bonchev–Trinajstić information content (AvgIpc) is 3.10. The average molecular weight is 657 g/mol. The van der Waals surface area contributed by atoms with E-state index in [1.807, 2.05) is 0 Å². The summed E-state index contributed by atoms with van der Waals surface area (Å²) in [6.07, 6.45) is 0. The number of phenols is 2. The van der Waals surface area contributed by atoms with Crippen LogP contribution in [0.15, 0.2) is 91.2 Å². The van der Waals surface area contributed by atoms with E-state index in [0.29, 0.717) is 57.1 Å². The van der Waals surface area contributed by atoms with Crippen LogP contribution >= 0.6 is 0 Å². The predicted octanol–water partition coefficient (Wildman–Crippen LogP) is 6.38. The second kappa shape index (κ2) is 14.0. The maximum absolute atomic E-state index is 12.4. The molecule has 6 aromatic rings. The summed E-state index contributed by atoms with van der Waals surface area (Å²) >= 11 is 0. The van der Waals surface area contributed by atoms with Gasteiger partial charge in [0.1, 0.15) is 56.5 Å². The first-order valence-corrected chi connectivity index (χ1v) is 14.3. The third-order valence-electron chi connectivity index (χ3n) is 7.37. The van der Waals surface area contributed by atoms with Gasteiger partial charge in [-0.25, -0.2) is 0 Å². The molecule has 0 aliphatic carbocycles. The number of rotatable bonds is 8. The maximum atomic E-state index is 12.4. The third kappa shape index (κ3) is 6.49. The summed E-state index contributed by atoms with van der Waals surface area (Å²) < 4.78 is 42.7. The van der Waals surface area contributed by atoms with E-state index >= 15 is 0 Å². The van der Waals surface area contributed by atoms with E-state index in [0.717, 1.165) is 0 Å². The predicted molar refractivity (Wildman–Crippen MR) is 178 cm³/mol. The Kier molecular flexibility index (Phi) is 9.64. The van der Waals surface area contributed by atoms with Crippen molar-refractivity contribution in [2.24, 2.45) is 0 Å². The van der Waals surface area contributed by atoms with Gasteiger partial charge < -0.3 is 47.5 Å². The van der Waals surface area contributed by atoms with Gasteiger partial charge in [-0.3, -0.25) is 9.59 Å². The van der Waals surface area contributed by atoms with E-state index in [2.05, 4.69) is 0 Å². The van der Waals surface area contributed by atoms with Gasteiger partial charge in [-0.2, -0.15) is 0 Å². The number of phenolic OH excluding ortho intramolecular Hbond substituents is 2. The van der Waals surface area contributed by atoms with E-state index in [9.17, 15) is 19.8 Å². The number of hydrogen-bond donors (Lipinski definition) is 2. The van der Waals surface area contributed by atoms with E-state index in [1.165, 1.54) is 52.7 Å². The van der Waals surface area contributed by atoms with E-state index in [4.69, 9.17) is 37.3 Å². The number of methoxy groups -OCH3 is 6. The first-order chi connectivity index (χ1) is 23.1. The van der Waals surface area contributed by atoms with Crippen molar-refractivity contribution in [3.8, 4) is 68.6 Å². The number of fused-ring (bicyclic) bond motifs is 2. The molecule has 0 aliphatic heterocycles. The molecule has 0 radical (unpaired) electrons. The summed E-state index contributed by atoms with van der Waals surface area (Å²) in [6, 6.07) is 18.9. The lowest BCUT2D eigenvalue weighted by Gasteiger charge is -2.10. The minimum Gasteiger partial charge on any atom is -0.507 e. The van der Waals surface area contributed by atoms with Crippen molar-refractivity contribution in [1.82, 2.24) is 0 Å². The highest BCUT2D eigenvalue weighted by Gasteiger charge is 2.16. The molecule has 0 fully saturated rings. The molecule has 248 valence electrons. The standard InChI is InChI=1S/2C18H16O6/c2*1-21-11-7-12(19)18-13(20)9-15(24-17(18)8-11)10-4-5-14(22-2)16(6-10)23-3/h2*4-9,19H,1-3H3. The van der Waals surface area contributed by atoms with E-state index < -0.39 is 0 Å². The van der Waals surface area contributed by atoms with Crippen LogP contribution in [0.25, 0.3) is 44.6 Å². The van der Waals surface area contributed by atoms with Crippen LogP contribution < -0.4 is 39.3 Å². The van der Waals surface area contributed by atoms with Gasteiger partial charge in [0.15, 0.2) is 33.9 Å². The summed E-state index contributed by atoms with van der Waals surface area (Å²) in [7, 11) is 9.08. The summed E-state index contributed by atoms with van der Waals surface area (Å²) in [5.41, 5.74) is 1.08. The van der Waals surface area contributed by atoms with Crippen molar-refractivity contribution < 1.29 is 47.5 Å². The van der Waals surface area contributed by atoms with Crippen molar-refractivity contribution >= 4 is 21.9 Å². The lowest BCUT2D eigenvalue weighted by atomic mass is 10.1. The normalized spacial score (nSPS) is 10.6. The minimum atomic E-state index is -0.346. The fourth-order valence-electron chi connectivity index (χ4n) is 4.99. The number of aromatic hydroxyl groups is 2. The van der Waals surface area contributed by atoms with Gasteiger partial charge in [0.25, 0.3) is 0 Å². The summed E-state index contributed by atoms with van der Waals surface area (Å²) in [5, 5.41) is 20.2. The lowest BCUT2D eigenvalue weighted by Crippen LogP contribution is -2.01. The minimum absolute atomic E-state index is 0.111. The first-order valence-electron chi connectivity index (χ1n) is 14.3. The molecule has 48 heavy (non-hydrogen) atoms. The molecular formula is C36H32O12. The number of benzene rings is 4. The Bertz CT molecular complexity index is 2070. The summed E-state index contributed by atoms with van der Waals surface area (Å²) in [5.74, 6) is 3.31. The van der Waals surface area contributed by atoms with Crippen LogP contribution in [-0.2, 0) is 0 Å². The molecule has 0 saturated heterocycles. The van der Waals surface area contributed by atoms with Crippen LogP contribution in [-0.4, -0.2) is 52.9 Å². The Balaban J connectivity index is 0.000000188. The molecule has 12 nitrogen and oxygen atoms in total.